The van der Waals surface area contributed by atoms with Crippen molar-refractivity contribution in [3.05, 3.63) is 46.1 Å². The highest BCUT2D eigenvalue weighted by atomic mass is 16.6. The molecule has 2 rings (SSSR count). The lowest BCUT2D eigenvalue weighted by molar-refractivity contribution is -0.384. The van der Waals surface area contributed by atoms with Gasteiger partial charge in [-0.1, -0.05) is 26.0 Å². The number of rotatable bonds is 4. The van der Waals surface area contributed by atoms with Crippen molar-refractivity contribution in [1.29, 1.82) is 0 Å². The second-order valence-corrected chi connectivity index (χ2v) is 4.98. The van der Waals surface area contributed by atoms with Crippen LogP contribution in [0.4, 0.5) is 11.5 Å². The number of aromatic nitrogens is 2. The minimum atomic E-state index is -0.440. The van der Waals surface area contributed by atoms with Crippen molar-refractivity contribution in [2.75, 3.05) is 5.73 Å². The maximum absolute atomic E-state index is 11.1. The highest BCUT2D eigenvalue weighted by molar-refractivity contribution is 5.68. The molecular weight excluding hydrogens is 256 g/mol. The van der Waals surface area contributed by atoms with E-state index in [0.717, 1.165) is 12.1 Å². The smallest absolute Gasteiger partial charge is 0.280 e. The summed E-state index contributed by atoms with van der Waals surface area (Å²) in [7, 11) is 0. The summed E-state index contributed by atoms with van der Waals surface area (Å²) in [5.41, 5.74) is 6.93. The van der Waals surface area contributed by atoms with Crippen molar-refractivity contribution >= 4 is 11.5 Å². The van der Waals surface area contributed by atoms with E-state index in [2.05, 4.69) is 23.8 Å². The molecule has 1 aromatic carbocycles. The van der Waals surface area contributed by atoms with Gasteiger partial charge in [0.1, 0.15) is 5.82 Å². The third kappa shape index (κ3) is 3.09. The zero-order valence-electron chi connectivity index (χ0n) is 11.4. The lowest BCUT2D eigenvalue weighted by Gasteiger charge is -2.08. The van der Waals surface area contributed by atoms with Crippen LogP contribution in [0.2, 0.25) is 0 Å². The molecule has 0 unspecified atom stereocenters. The highest BCUT2D eigenvalue weighted by Gasteiger charge is 2.17. The molecule has 0 aliphatic rings. The first-order valence-corrected chi connectivity index (χ1v) is 6.34. The first kappa shape index (κ1) is 13.9. The Bertz CT molecular complexity index is 641. The van der Waals surface area contributed by atoms with Crippen LogP contribution < -0.4 is 5.73 Å². The molecule has 0 fully saturated rings. The maximum Gasteiger partial charge on any atom is 0.280 e. The van der Waals surface area contributed by atoms with E-state index in [0.29, 0.717) is 23.1 Å². The second-order valence-electron chi connectivity index (χ2n) is 4.98. The van der Waals surface area contributed by atoms with Crippen LogP contribution in [0.5, 0.6) is 0 Å². The van der Waals surface area contributed by atoms with E-state index in [1.165, 1.54) is 6.07 Å². The number of nitrogens with zero attached hydrogens (tertiary/aromatic N) is 3. The van der Waals surface area contributed by atoms with Gasteiger partial charge in [-0.05, 0) is 18.4 Å². The summed E-state index contributed by atoms with van der Waals surface area (Å²) in [5.74, 6) is 1.04. The Morgan fingerprint density at radius 3 is 2.65 bits per heavy atom. The summed E-state index contributed by atoms with van der Waals surface area (Å²) >= 11 is 0. The molecule has 0 aliphatic carbocycles. The van der Waals surface area contributed by atoms with Crippen LogP contribution in [-0.2, 0) is 6.42 Å². The molecule has 0 radical (unpaired) electrons. The summed E-state index contributed by atoms with van der Waals surface area (Å²) in [6.45, 7) is 4.14. The minimum absolute atomic E-state index is 0.0198. The molecule has 20 heavy (non-hydrogen) atoms. The lowest BCUT2D eigenvalue weighted by atomic mass is 10.1. The molecule has 2 aromatic rings. The van der Waals surface area contributed by atoms with Crippen LogP contribution >= 0.6 is 0 Å². The van der Waals surface area contributed by atoms with Gasteiger partial charge in [-0.15, -0.1) is 0 Å². The van der Waals surface area contributed by atoms with Gasteiger partial charge in [-0.25, -0.2) is 9.97 Å². The molecule has 0 atom stereocenters. The lowest BCUT2D eigenvalue weighted by Crippen LogP contribution is -2.04. The Hall–Kier alpha value is -2.50. The quantitative estimate of drug-likeness (QED) is 0.682. The molecular formula is C14H16N4O2. The third-order valence-corrected chi connectivity index (χ3v) is 2.76. The van der Waals surface area contributed by atoms with Gasteiger partial charge < -0.3 is 5.73 Å². The SMILES string of the molecule is CC(C)Cc1cc(N)nc(-c2ccccc2[N+](=O)[O-])n1. The van der Waals surface area contributed by atoms with Gasteiger partial charge in [0, 0.05) is 17.8 Å². The fourth-order valence-corrected chi connectivity index (χ4v) is 1.98. The van der Waals surface area contributed by atoms with E-state index in [-0.39, 0.29) is 5.69 Å². The van der Waals surface area contributed by atoms with Crippen LogP contribution in [0.1, 0.15) is 19.5 Å². The average molecular weight is 272 g/mol. The van der Waals surface area contributed by atoms with E-state index < -0.39 is 4.92 Å². The summed E-state index contributed by atoms with van der Waals surface area (Å²) in [6.07, 6.45) is 0.750. The summed E-state index contributed by atoms with van der Waals surface area (Å²) in [4.78, 5) is 19.1. The Morgan fingerprint density at radius 1 is 1.30 bits per heavy atom. The first-order valence-electron chi connectivity index (χ1n) is 6.34. The van der Waals surface area contributed by atoms with Gasteiger partial charge in [-0.3, -0.25) is 10.1 Å². The topological polar surface area (TPSA) is 94.9 Å². The Balaban J connectivity index is 2.53. The van der Waals surface area contributed by atoms with Crippen LogP contribution in [-0.4, -0.2) is 14.9 Å². The monoisotopic (exact) mass is 272 g/mol. The number of hydrogen-bond donors (Lipinski definition) is 1. The van der Waals surface area contributed by atoms with Crippen LogP contribution in [0.15, 0.2) is 30.3 Å². The molecule has 104 valence electrons. The van der Waals surface area contributed by atoms with E-state index in [1.54, 1.807) is 24.3 Å². The fraction of sp³-hybridized carbons (Fsp3) is 0.286. The number of nitro groups is 1. The van der Waals surface area contributed by atoms with E-state index >= 15 is 0 Å². The Labute approximate surface area is 116 Å². The van der Waals surface area contributed by atoms with Crippen molar-refractivity contribution in [2.45, 2.75) is 20.3 Å². The predicted molar refractivity (Wildman–Crippen MR) is 77.1 cm³/mol. The van der Waals surface area contributed by atoms with Crippen molar-refractivity contribution in [3.8, 4) is 11.4 Å². The molecule has 0 aliphatic heterocycles. The minimum Gasteiger partial charge on any atom is -0.384 e. The van der Waals surface area contributed by atoms with Crippen molar-refractivity contribution in [3.63, 3.8) is 0 Å². The van der Waals surface area contributed by atoms with Gasteiger partial charge in [0.25, 0.3) is 5.69 Å². The maximum atomic E-state index is 11.1. The number of nitrogen functional groups attached to an aromatic ring is 1. The normalized spacial score (nSPS) is 10.8. The van der Waals surface area contributed by atoms with Gasteiger partial charge >= 0.3 is 0 Å². The highest BCUT2D eigenvalue weighted by Crippen LogP contribution is 2.27. The Morgan fingerprint density at radius 2 is 2.00 bits per heavy atom. The number of nitro benzene ring substituents is 1. The standard InChI is InChI=1S/C14H16N4O2/c1-9(2)7-10-8-13(15)17-14(16-10)11-5-3-4-6-12(11)18(19)20/h3-6,8-9H,7H2,1-2H3,(H2,15,16,17). The van der Waals surface area contributed by atoms with Crippen molar-refractivity contribution in [1.82, 2.24) is 9.97 Å². The molecule has 6 nitrogen and oxygen atoms in total. The second kappa shape index (κ2) is 5.64. The molecule has 2 N–H and O–H groups in total. The fourth-order valence-electron chi connectivity index (χ4n) is 1.98. The first-order chi connectivity index (χ1) is 9.47. The molecule has 0 saturated heterocycles. The summed E-state index contributed by atoms with van der Waals surface area (Å²) < 4.78 is 0. The van der Waals surface area contributed by atoms with Crippen LogP contribution in [0.25, 0.3) is 11.4 Å². The number of anilines is 1. The van der Waals surface area contributed by atoms with Crippen molar-refractivity contribution in [2.24, 2.45) is 5.92 Å². The molecule has 6 heteroatoms. The molecule has 0 bridgehead atoms. The van der Waals surface area contributed by atoms with Crippen LogP contribution in [0, 0.1) is 16.0 Å². The van der Waals surface area contributed by atoms with Crippen LogP contribution in [0.3, 0.4) is 0 Å². The number of para-hydroxylation sites is 1. The number of benzene rings is 1. The molecule has 1 heterocycles. The number of nitrogens with two attached hydrogens (primary N) is 1. The third-order valence-electron chi connectivity index (χ3n) is 2.76. The number of hydrogen-bond acceptors (Lipinski definition) is 5. The molecule has 0 saturated carbocycles. The molecule has 0 amide bonds. The van der Waals surface area contributed by atoms with Gasteiger partial charge in [0.05, 0.1) is 10.5 Å². The van der Waals surface area contributed by atoms with E-state index in [1.807, 2.05) is 0 Å². The predicted octanol–water partition coefficient (Wildman–Crippen LogP) is 2.83. The van der Waals surface area contributed by atoms with E-state index in [4.69, 9.17) is 5.73 Å². The van der Waals surface area contributed by atoms with Gasteiger partial charge in [0.2, 0.25) is 0 Å². The van der Waals surface area contributed by atoms with Gasteiger partial charge in [-0.2, -0.15) is 0 Å². The van der Waals surface area contributed by atoms with Crippen molar-refractivity contribution < 1.29 is 4.92 Å². The Kier molecular flexibility index (Phi) is 3.93. The molecule has 1 aromatic heterocycles. The molecule has 0 spiro atoms. The van der Waals surface area contributed by atoms with Gasteiger partial charge in [0.15, 0.2) is 5.82 Å². The summed E-state index contributed by atoms with van der Waals surface area (Å²) in [6, 6.07) is 8.11. The average Bonchev–Trinajstić information content (AvgIpc) is 2.37. The van der Waals surface area contributed by atoms with E-state index in [9.17, 15) is 10.1 Å². The summed E-state index contributed by atoms with van der Waals surface area (Å²) in [5, 5.41) is 11.1. The largest absolute Gasteiger partial charge is 0.384 e. The zero-order valence-corrected chi connectivity index (χ0v) is 11.4. The zero-order chi connectivity index (χ0) is 14.7.